The minimum absolute atomic E-state index is 0.0284. The van der Waals surface area contributed by atoms with Crippen molar-refractivity contribution in [3.63, 3.8) is 0 Å². The van der Waals surface area contributed by atoms with E-state index < -0.39 is 0 Å². The predicted molar refractivity (Wildman–Crippen MR) is 101 cm³/mol. The molecule has 0 atom stereocenters. The van der Waals surface area contributed by atoms with Gasteiger partial charge < -0.3 is 10.6 Å². The number of nitrogens with zero attached hydrogens (tertiary/aromatic N) is 2. The van der Waals surface area contributed by atoms with Gasteiger partial charge in [-0.1, -0.05) is 23.7 Å². The van der Waals surface area contributed by atoms with Crippen LogP contribution in [0.4, 0.5) is 17.2 Å². The molecule has 1 heterocycles. The zero-order chi connectivity index (χ0) is 18.5. The third kappa shape index (κ3) is 4.43. The molecule has 0 unspecified atom stereocenters. The molecule has 3 aromatic rings. The first-order chi connectivity index (χ1) is 12.5. The Kier molecular flexibility index (Phi) is 5.24. The van der Waals surface area contributed by atoms with Crippen molar-refractivity contribution >= 4 is 40.5 Å². The number of Topliss-reactive ketones (excluding diaryl/α,β-unsaturated/α-hetero) is 1. The number of amides is 1. The molecule has 3 rings (SSSR count). The van der Waals surface area contributed by atoms with E-state index in [9.17, 15) is 9.59 Å². The summed E-state index contributed by atoms with van der Waals surface area (Å²) < 4.78 is 0. The maximum atomic E-state index is 12.3. The van der Waals surface area contributed by atoms with E-state index >= 15 is 0 Å². The number of rotatable bonds is 5. The summed E-state index contributed by atoms with van der Waals surface area (Å²) in [6.07, 6.45) is 1.30. The van der Waals surface area contributed by atoms with E-state index in [1.807, 2.05) is 6.07 Å². The molecule has 0 aliphatic carbocycles. The maximum Gasteiger partial charge on any atom is 0.274 e. The summed E-state index contributed by atoms with van der Waals surface area (Å²) in [4.78, 5) is 31.9. The molecule has 7 heteroatoms. The van der Waals surface area contributed by atoms with Gasteiger partial charge in [0.25, 0.3) is 5.91 Å². The van der Waals surface area contributed by atoms with Crippen molar-refractivity contribution in [3.05, 3.63) is 77.2 Å². The number of hydrogen-bond acceptors (Lipinski definition) is 5. The second kappa shape index (κ2) is 7.76. The summed E-state index contributed by atoms with van der Waals surface area (Å²) in [5, 5.41) is 6.39. The SMILES string of the molecule is CC(=O)c1cccc(Nc2cc(C(=O)Nc3ccc(Cl)cc3)ncn2)c1. The molecule has 26 heavy (non-hydrogen) atoms. The molecule has 6 nitrogen and oxygen atoms in total. The van der Waals surface area contributed by atoms with E-state index in [0.29, 0.717) is 27.8 Å². The highest BCUT2D eigenvalue weighted by molar-refractivity contribution is 6.30. The van der Waals surface area contributed by atoms with Crippen LogP contribution in [0.3, 0.4) is 0 Å². The Balaban J connectivity index is 1.75. The number of anilines is 3. The van der Waals surface area contributed by atoms with Crippen LogP contribution in [0.15, 0.2) is 60.9 Å². The molecule has 0 bridgehead atoms. The summed E-state index contributed by atoms with van der Waals surface area (Å²) in [7, 11) is 0. The smallest absolute Gasteiger partial charge is 0.274 e. The maximum absolute atomic E-state index is 12.3. The molecule has 2 N–H and O–H groups in total. The summed E-state index contributed by atoms with van der Waals surface area (Å²) >= 11 is 5.83. The zero-order valence-corrected chi connectivity index (χ0v) is 14.6. The van der Waals surface area contributed by atoms with Gasteiger partial charge in [-0.05, 0) is 43.3 Å². The van der Waals surface area contributed by atoms with Crippen molar-refractivity contribution in [1.82, 2.24) is 9.97 Å². The number of hydrogen-bond donors (Lipinski definition) is 2. The Hall–Kier alpha value is -3.25. The lowest BCUT2D eigenvalue weighted by molar-refractivity contribution is 0.101. The van der Waals surface area contributed by atoms with Crippen LogP contribution >= 0.6 is 11.6 Å². The van der Waals surface area contributed by atoms with Crippen LogP contribution in [-0.4, -0.2) is 21.7 Å². The number of carbonyl (C=O) groups excluding carboxylic acids is 2. The minimum Gasteiger partial charge on any atom is -0.340 e. The van der Waals surface area contributed by atoms with Crippen LogP contribution in [0.1, 0.15) is 27.8 Å². The third-order valence-electron chi connectivity index (χ3n) is 3.54. The average Bonchev–Trinajstić information content (AvgIpc) is 2.64. The first-order valence-corrected chi connectivity index (χ1v) is 8.16. The fourth-order valence-corrected chi connectivity index (χ4v) is 2.37. The molecular weight excluding hydrogens is 352 g/mol. The van der Waals surface area contributed by atoms with Gasteiger partial charge in [-0.15, -0.1) is 0 Å². The second-order valence-corrected chi connectivity index (χ2v) is 5.95. The van der Waals surface area contributed by atoms with Crippen molar-refractivity contribution in [2.75, 3.05) is 10.6 Å². The number of ketones is 1. The van der Waals surface area contributed by atoms with E-state index in [2.05, 4.69) is 20.6 Å². The Morgan fingerprint density at radius 1 is 0.962 bits per heavy atom. The Morgan fingerprint density at radius 3 is 2.46 bits per heavy atom. The average molecular weight is 367 g/mol. The fraction of sp³-hybridized carbons (Fsp3) is 0.0526. The van der Waals surface area contributed by atoms with E-state index in [1.165, 1.54) is 19.3 Å². The van der Waals surface area contributed by atoms with E-state index in [-0.39, 0.29) is 17.4 Å². The molecule has 0 radical (unpaired) electrons. The van der Waals surface area contributed by atoms with E-state index in [4.69, 9.17) is 11.6 Å². The molecular formula is C19H15ClN4O2. The lowest BCUT2D eigenvalue weighted by atomic mass is 10.1. The molecule has 0 fully saturated rings. The van der Waals surface area contributed by atoms with Crippen molar-refractivity contribution in [1.29, 1.82) is 0 Å². The van der Waals surface area contributed by atoms with E-state index in [0.717, 1.165) is 0 Å². The molecule has 2 aromatic carbocycles. The van der Waals surface area contributed by atoms with Crippen molar-refractivity contribution < 1.29 is 9.59 Å². The molecule has 0 aliphatic heterocycles. The van der Waals surface area contributed by atoms with Crippen molar-refractivity contribution in [2.45, 2.75) is 6.92 Å². The quantitative estimate of drug-likeness (QED) is 0.656. The Labute approximate surface area is 155 Å². The Morgan fingerprint density at radius 2 is 1.73 bits per heavy atom. The van der Waals surface area contributed by atoms with E-state index in [1.54, 1.807) is 42.5 Å². The largest absolute Gasteiger partial charge is 0.340 e. The van der Waals surface area contributed by atoms with Crippen LogP contribution in [-0.2, 0) is 0 Å². The van der Waals surface area contributed by atoms with Crippen LogP contribution in [0.25, 0.3) is 0 Å². The Bertz CT molecular complexity index is 958. The molecule has 0 saturated heterocycles. The van der Waals surface area contributed by atoms with Crippen LogP contribution in [0.5, 0.6) is 0 Å². The summed E-state index contributed by atoms with van der Waals surface area (Å²) in [5.74, 6) is 0.0524. The topological polar surface area (TPSA) is 84.0 Å². The number of benzene rings is 2. The van der Waals surface area contributed by atoms with Gasteiger partial charge in [0.05, 0.1) is 0 Å². The summed E-state index contributed by atoms with van der Waals surface area (Å²) in [6, 6.07) is 15.3. The first-order valence-electron chi connectivity index (χ1n) is 7.78. The predicted octanol–water partition coefficient (Wildman–Crippen LogP) is 4.33. The van der Waals surface area contributed by atoms with Crippen LogP contribution < -0.4 is 10.6 Å². The fourth-order valence-electron chi connectivity index (χ4n) is 2.24. The van der Waals surface area contributed by atoms with Crippen LogP contribution in [0.2, 0.25) is 5.02 Å². The van der Waals surface area contributed by atoms with Gasteiger partial charge in [0.2, 0.25) is 0 Å². The van der Waals surface area contributed by atoms with Gasteiger partial charge in [0.15, 0.2) is 5.78 Å². The number of carbonyl (C=O) groups is 2. The lowest BCUT2D eigenvalue weighted by Gasteiger charge is -2.08. The van der Waals surface area contributed by atoms with Gasteiger partial charge >= 0.3 is 0 Å². The van der Waals surface area contributed by atoms with Crippen molar-refractivity contribution in [2.24, 2.45) is 0 Å². The first kappa shape index (κ1) is 17.6. The molecule has 130 valence electrons. The van der Waals surface area contributed by atoms with Crippen molar-refractivity contribution in [3.8, 4) is 0 Å². The summed E-state index contributed by atoms with van der Waals surface area (Å²) in [6.45, 7) is 1.50. The third-order valence-corrected chi connectivity index (χ3v) is 3.80. The molecule has 0 spiro atoms. The number of aromatic nitrogens is 2. The monoisotopic (exact) mass is 366 g/mol. The highest BCUT2D eigenvalue weighted by Gasteiger charge is 2.10. The molecule has 1 aromatic heterocycles. The normalized spacial score (nSPS) is 10.2. The summed E-state index contributed by atoms with van der Waals surface area (Å²) in [5.41, 5.74) is 2.10. The van der Waals surface area contributed by atoms with Gasteiger partial charge in [-0.2, -0.15) is 0 Å². The van der Waals surface area contributed by atoms with Gasteiger partial charge in [0.1, 0.15) is 17.8 Å². The standard InChI is InChI=1S/C19H15ClN4O2/c1-12(25)13-3-2-4-16(9-13)23-18-10-17(21-11-22-18)19(26)24-15-7-5-14(20)6-8-15/h2-11H,1H3,(H,24,26)(H,21,22,23). The van der Waals surface area contributed by atoms with Gasteiger partial charge in [-0.3, -0.25) is 9.59 Å². The number of halogens is 1. The highest BCUT2D eigenvalue weighted by Crippen LogP contribution is 2.18. The van der Waals surface area contributed by atoms with Gasteiger partial charge in [0, 0.05) is 28.0 Å². The van der Waals surface area contributed by atoms with Crippen LogP contribution in [0, 0.1) is 0 Å². The lowest BCUT2D eigenvalue weighted by Crippen LogP contribution is -2.14. The second-order valence-electron chi connectivity index (χ2n) is 5.51. The van der Waals surface area contributed by atoms with Gasteiger partial charge in [-0.25, -0.2) is 9.97 Å². The molecule has 1 amide bonds. The highest BCUT2D eigenvalue weighted by atomic mass is 35.5. The molecule has 0 saturated carbocycles. The minimum atomic E-state index is -0.366. The number of nitrogens with one attached hydrogen (secondary N) is 2. The molecule has 0 aliphatic rings. The zero-order valence-electron chi connectivity index (χ0n) is 13.9.